The average Bonchev–Trinajstić information content (AvgIpc) is 2.58. The Bertz CT molecular complexity index is 566. The number of rotatable bonds is 8. The predicted molar refractivity (Wildman–Crippen MR) is 97.9 cm³/mol. The molecule has 5 rings (SSSR count). The summed E-state index contributed by atoms with van der Waals surface area (Å²) < 4.78 is 11.3. The first-order valence-electron chi connectivity index (χ1n) is 9.94. The SMILES string of the molecule is CCOc1cc(CNC23CC4CC(CC(C4)C2)C3)ccc1OCCO. The first-order valence-corrected chi connectivity index (χ1v) is 9.94. The van der Waals surface area contributed by atoms with Crippen LogP contribution in [0, 0.1) is 17.8 Å². The molecule has 0 atom stereocenters. The summed E-state index contributed by atoms with van der Waals surface area (Å²) in [4.78, 5) is 0. The van der Waals surface area contributed by atoms with Crippen LogP contribution in [0.2, 0.25) is 0 Å². The standard InChI is InChI=1S/C21H31NO3/c1-2-24-20-10-15(3-4-19(20)25-6-5-23)14-22-21-11-16-7-17(12-21)9-18(8-16)13-21/h3-4,10,16-18,22-23H,2,5-9,11-14H2,1H3. The molecular formula is C21H31NO3. The van der Waals surface area contributed by atoms with Crippen molar-refractivity contribution < 1.29 is 14.6 Å². The molecule has 1 aromatic carbocycles. The van der Waals surface area contributed by atoms with E-state index in [2.05, 4.69) is 17.4 Å². The van der Waals surface area contributed by atoms with Crippen molar-refractivity contribution in [3.05, 3.63) is 23.8 Å². The van der Waals surface area contributed by atoms with Crippen LogP contribution < -0.4 is 14.8 Å². The minimum Gasteiger partial charge on any atom is -0.490 e. The molecule has 2 N–H and O–H groups in total. The lowest BCUT2D eigenvalue weighted by Crippen LogP contribution is -2.58. The molecule has 4 aliphatic carbocycles. The van der Waals surface area contributed by atoms with Crippen LogP contribution in [-0.2, 0) is 6.54 Å². The predicted octanol–water partition coefficient (Wildman–Crippen LogP) is 3.51. The van der Waals surface area contributed by atoms with Crippen molar-refractivity contribution in [3.63, 3.8) is 0 Å². The summed E-state index contributed by atoms with van der Waals surface area (Å²) in [5, 5.41) is 12.9. The van der Waals surface area contributed by atoms with Gasteiger partial charge >= 0.3 is 0 Å². The Morgan fingerprint density at radius 1 is 1.04 bits per heavy atom. The van der Waals surface area contributed by atoms with Gasteiger partial charge in [0.15, 0.2) is 11.5 Å². The van der Waals surface area contributed by atoms with Crippen molar-refractivity contribution in [1.29, 1.82) is 0 Å². The Morgan fingerprint density at radius 2 is 1.72 bits per heavy atom. The first kappa shape index (κ1) is 17.2. The second kappa shape index (κ2) is 7.16. The maximum absolute atomic E-state index is 8.96. The molecule has 0 aromatic heterocycles. The van der Waals surface area contributed by atoms with Crippen molar-refractivity contribution >= 4 is 0 Å². The Labute approximate surface area is 150 Å². The highest BCUT2D eigenvalue weighted by Gasteiger charge is 2.50. The molecular weight excluding hydrogens is 314 g/mol. The second-order valence-electron chi connectivity index (χ2n) is 8.34. The Hall–Kier alpha value is -1.26. The zero-order chi connectivity index (χ0) is 17.3. The maximum atomic E-state index is 8.96. The van der Waals surface area contributed by atoms with Crippen molar-refractivity contribution in [3.8, 4) is 11.5 Å². The fourth-order valence-corrected chi connectivity index (χ4v) is 5.82. The molecule has 0 heterocycles. The number of benzene rings is 1. The second-order valence-corrected chi connectivity index (χ2v) is 8.34. The molecule has 25 heavy (non-hydrogen) atoms. The first-order chi connectivity index (χ1) is 12.2. The van der Waals surface area contributed by atoms with Crippen molar-refractivity contribution in [2.24, 2.45) is 17.8 Å². The summed E-state index contributed by atoms with van der Waals surface area (Å²) in [6.45, 7) is 3.80. The molecule has 4 aliphatic rings. The van der Waals surface area contributed by atoms with Crippen LogP contribution in [0.15, 0.2) is 18.2 Å². The molecule has 0 radical (unpaired) electrons. The summed E-state index contributed by atoms with van der Waals surface area (Å²) in [6.07, 6.45) is 8.55. The zero-order valence-electron chi connectivity index (χ0n) is 15.3. The molecule has 4 bridgehead atoms. The molecule has 4 nitrogen and oxygen atoms in total. The molecule has 1 aromatic rings. The van der Waals surface area contributed by atoms with Gasteiger partial charge in [-0.1, -0.05) is 6.07 Å². The van der Waals surface area contributed by atoms with Gasteiger partial charge in [0.25, 0.3) is 0 Å². The van der Waals surface area contributed by atoms with Crippen molar-refractivity contribution in [2.75, 3.05) is 19.8 Å². The Morgan fingerprint density at radius 3 is 2.32 bits per heavy atom. The smallest absolute Gasteiger partial charge is 0.161 e. The van der Waals surface area contributed by atoms with Crippen LogP contribution in [0.5, 0.6) is 11.5 Å². The number of nitrogens with one attached hydrogen (secondary N) is 1. The minimum absolute atomic E-state index is 0.0148. The summed E-state index contributed by atoms with van der Waals surface area (Å²) in [5.41, 5.74) is 1.63. The van der Waals surface area contributed by atoms with Crippen LogP contribution >= 0.6 is 0 Å². The third-order valence-corrected chi connectivity index (χ3v) is 6.36. The Balaban J connectivity index is 1.43. The third kappa shape index (κ3) is 3.65. The number of aliphatic hydroxyl groups excluding tert-OH is 1. The maximum Gasteiger partial charge on any atom is 0.161 e. The third-order valence-electron chi connectivity index (χ3n) is 6.36. The molecule has 0 aliphatic heterocycles. The van der Waals surface area contributed by atoms with Gasteiger partial charge in [-0.15, -0.1) is 0 Å². The van der Waals surface area contributed by atoms with Crippen LogP contribution in [0.4, 0.5) is 0 Å². The highest BCUT2D eigenvalue weighted by molar-refractivity contribution is 5.43. The number of hydrogen-bond donors (Lipinski definition) is 2. The van der Waals surface area contributed by atoms with E-state index in [1.807, 2.05) is 13.0 Å². The fourth-order valence-electron chi connectivity index (χ4n) is 5.82. The minimum atomic E-state index is 0.0148. The largest absolute Gasteiger partial charge is 0.490 e. The van der Waals surface area contributed by atoms with Crippen LogP contribution in [0.1, 0.15) is 51.0 Å². The van der Waals surface area contributed by atoms with E-state index in [4.69, 9.17) is 14.6 Å². The van der Waals surface area contributed by atoms with Crippen LogP contribution in [0.25, 0.3) is 0 Å². The van der Waals surface area contributed by atoms with E-state index >= 15 is 0 Å². The lowest BCUT2D eigenvalue weighted by molar-refractivity contribution is -0.0206. The summed E-state index contributed by atoms with van der Waals surface area (Å²) in [7, 11) is 0. The van der Waals surface area contributed by atoms with Crippen LogP contribution in [0.3, 0.4) is 0 Å². The molecule has 4 fully saturated rings. The summed E-state index contributed by atoms with van der Waals surface area (Å²) in [5.74, 6) is 4.39. The van der Waals surface area contributed by atoms with E-state index in [1.54, 1.807) is 0 Å². The van der Waals surface area contributed by atoms with Gasteiger partial charge in [0.1, 0.15) is 6.61 Å². The zero-order valence-corrected chi connectivity index (χ0v) is 15.3. The van der Waals surface area contributed by atoms with Gasteiger partial charge in [-0.3, -0.25) is 0 Å². The van der Waals surface area contributed by atoms with E-state index in [0.29, 0.717) is 18.8 Å². The number of ether oxygens (including phenoxy) is 2. The van der Waals surface area contributed by atoms with Gasteiger partial charge < -0.3 is 19.9 Å². The van der Waals surface area contributed by atoms with E-state index in [-0.39, 0.29) is 6.61 Å². The van der Waals surface area contributed by atoms with Gasteiger partial charge in [0.2, 0.25) is 0 Å². The molecule has 4 saturated carbocycles. The molecule has 4 heteroatoms. The molecule has 0 saturated heterocycles. The van der Waals surface area contributed by atoms with Crippen molar-refractivity contribution in [2.45, 2.75) is 57.5 Å². The van der Waals surface area contributed by atoms with Gasteiger partial charge in [0.05, 0.1) is 13.2 Å². The lowest BCUT2D eigenvalue weighted by atomic mass is 9.53. The highest BCUT2D eigenvalue weighted by atomic mass is 16.5. The van der Waals surface area contributed by atoms with E-state index in [0.717, 1.165) is 35.8 Å². The van der Waals surface area contributed by atoms with Crippen LogP contribution in [-0.4, -0.2) is 30.5 Å². The van der Waals surface area contributed by atoms with E-state index in [9.17, 15) is 0 Å². The van der Waals surface area contributed by atoms with Gasteiger partial charge in [-0.25, -0.2) is 0 Å². The van der Waals surface area contributed by atoms with E-state index < -0.39 is 0 Å². The normalized spacial score (nSPS) is 32.8. The highest BCUT2D eigenvalue weighted by Crippen LogP contribution is 2.55. The summed E-state index contributed by atoms with van der Waals surface area (Å²) in [6, 6.07) is 6.17. The monoisotopic (exact) mass is 345 g/mol. The number of aliphatic hydroxyl groups is 1. The van der Waals surface area contributed by atoms with E-state index in [1.165, 1.54) is 44.1 Å². The van der Waals surface area contributed by atoms with Gasteiger partial charge in [0, 0.05) is 12.1 Å². The fraction of sp³-hybridized carbons (Fsp3) is 0.714. The topological polar surface area (TPSA) is 50.7 Å². The van der Waals surface area contributed by atoms with Gasteiger partial charge in [-0.05, 0) is 80.9 Å². The summed E-state index contributed by atoms with van der Waals surface area (Å²) >= 11 is 0. The Kier molecular flexibility index (Phi) is 4.92. The molecule has 138 valence electrons. The average molecular weight is 345 g/mol. The van der Waals surface area contributed by atoms with Gasteiger partial charge in [-0.2, -0.15) is 0 Å². The molecule has 0 unspecified atom stereocenters. The van der Waals surface area contributed by atoms with Crippen molar-refractivity contribution in [1.82, 2.24) is 5.32 Å². The molecule has 0 spiro atoms. The number of hydrogen-bond acceptors (Lipinski definition) is 4. The quantitative estimate of drug-likeness (QED) is 0.757. The molecule has 0 amide bonds. The lowest BCUT2D eigenvalue weighted by Gasteiger charge is -2.57.